The zero-order valence-electron chi connectivity index (χ0n) is 5.45. The summed E-state index contributed by atoms with van der Waals surface area (Å²) in [6.07, 6.45) is 0.522. The lowest BCUT2D eigenvalue weighted by molar-refractivity contribution is 0.112. The maximum Gasteiger partial charge on any atom is 0.152 e. The molecule has 0 N–H and O–H groups in total. The fourth-order valence-corrected chi connectivity index (χ4v) is 0.673. The fourth-order valence-electron chi connectivity index (χ4n) is 0.673. The van der Waals surface area contributed by atoms with E-state index in [1.54, 1.807) is 0 Å². The van der Waals surface area contributed by atoms with Gasteiger partial charge < -0.3 is 0 Å². The molecule has 0 heterocycles. The Hall–Kier alpha value is -1.58. The Morgan fingerprint density at radius 2 is 2.18 bits per heavy atom. The number of rotatable bonds is 2. The second kappa shape index (κ2) is 3.01. The largest absolute Gasteiger partial charge is 0.298 e. The first-order valence-electron chi connectivity index (χ1n) is 2.86. The third-order valence-electron chi connectivity index (χ3n) is 1.20. The number of carbonyl (C=O) groups excluding carboxylic acids is 1. The molecule has 0 aliphatic carbocycles. The standard InChI is InChI=1S/C7H4FNO2/c8-6-2-1-5(4-10)3-7(6)9-11/h1-4H. The number of benzene rings is 1. The van der Waals surface area contributed by atoms with Crippen molar-refractivity contribution in [3.8, 4) is 0 Å². The van der Waals surface area contributed by atoms with Crippen LogP contribution in [0.2, 0.25) is 0 Å². The summed E-state index contributed by atoms with van der Waals surface area (Å²) in [7, 11) is 0. The molecule has 0 amide bonds. The summed E-state index contributed by atoms with van der Waals surface area (Å²) >= 11 is 0. The Morgan fingerprint density at radius 3 is 2.73 bits per heavy atom. The Morgan fingerprint density at radius 1 is 1.45 bits per heavy atom. The minimum absolute atomic E-state index is 0.237. The van der Waals surface area contributed by atoms with Crippen LogP contribution < -0.4 is 0 Å². The van der Waals surface area contributed by atoms with Gasteiger partial charge in [-0.25, -0.2) is 4.39 Å². The molecule has 0 fully saturated rings. The maximum atomic E-state index is 12.5. The summed E-state index contributed by atoms with van der Waals surface area (Å²) in [4.78, 5) is 20.0. The predicted octanol–water partition coefficient (Wildman–Crippen LogP) is 2.04. The molecule has 1 aromatic carbocycles. The lowest BCUT2D eigenvalue weighted by atomic mass is 10.2. The number of halogens is 1. The molecule has 0 unspecified atom stereocenters. The molecule has 0 aliphatic rings. The van der Waals surface area contributed by atoms with Gasteiger partial charge in [-0.2, -0.15) is 0 Å². The summed E-state index contributed by atoms with van der Waals surface area (Å²) in [5.41, 5.74) is -0.101. The second-order valence-corrected chi connectivity index (χ2v) is 1.92. The summed E-state index contributed by atoms with van der Waals surface area (Å²) in [6, 6.07) is 3.40. The van der Waals surface area contributed by atoms with E-state index >= 15 is 0 Å². The normalized spacial score (nSPS) is 9.18. The highest BCUT2D eigenvalue weighted by Gasteiger charge is 2.01. The van der Waals surface area contributed by atoms with Crippen LogP contribution in [0.1, 0.15) is 10.4 Å². The average Bonchev–Trinajstić information content (AvgIpc) is 2.05. The van der Waals surface area contributed by atoms with E-state index in [2.05, 4.69) is 5.18 Å². The first kappa shape index (κ1) is 7.53. The topological polar surface area (TPSA) is 46.5 Å². The van der Waals surface area contributed by atoms with Gasteiger partial charge in [-0.15, -0.1) is 4.91 Å². The quantitative estimate of drug-likeness (QED) is 0.482. The van der Waals surface area contributed by atoms with E-state index in [9.17, 15) is 14.1 Å². The van der Waals surface area contributed by atoms with E-state index in [1.807, 2.05) is 0 Å². The number of nitrogens with zero attached hydrogens (tertiary/aromatic N) is 1. The third-order valence-corrected chi connectivity index (χ3v) is 1.20. The Bertz CT molecular complexity index is 298. The van der Waals surface area contributed by atoms with Crippen molar-refractivity contribution in [2.45, 2.75) is 0 Å². The molecular formula is C7H4FNO2. The van der Waals surface area contributed by atoms with Gasteiger partial charge in [0.1, 0.15) is 12.0 Å². The van der Waals surface area contributed by atoms with Gasteiger partial charge in [-0.3, -0.25) is 4.79 Å². The smallest absolute Gasteiger partial charge is 0.152 e. The molecule has 0 spiro atoms. The summed E-state index contributed by atoms with van der Waals surface area (Å²) in [5, 5.41) is 2.39. The van der Waals surface area contributed by atoms with E-state index in [0.717, 1.165) is 12.1 Å². The van der Waals surface area contributed by atoms with Crippen molar-refractivity contribution in [3.63, 3.8) is 0 Å². The third kappa shape index (κ3) is 1.46. The highest BCUT2D eigenvalue weighted by molar-refractivity contribution is 5.76. The molecule has 0 bridgehead atoms. The van der Waals surface area contributed by atoms with Crippen LogP contribution in [0.3, 0.4) is 0 Å². The second-order valence-electron chi connectivity index (χ2n) is 1.92. The molecule has 3 nitrogen and oxygen atoms in total. The number of aldehydes is 1. The van der Waals surface area contributed by atoms with Gasteiger partial charge in [0, 0.05) is 5.56 Å². The first-order chi connectivity index (χ1) is 5.27. The van der Waals surface area contributed by atoms with Crippen LogP contribution in [-0.4, -0.2) is 6.29 Å². The van der Waals surface area contributed by atoms with Crippen LogP contribution >= 0.6 is 0 Å². The van der Waals surface area contributed by atoms with Crippen LogP contribution in [0.25, 0.3) is 0 Å². The van der Waals surface area contributed by atoms with Gasteiger partial charge in [-0.1, -0.05) is 0 Å². The molecule has 11 heavy (non-hydrogen) atoms. The van der Waals surface area contributed by atoms with Crippen molar-refractivity contribution in [2.75, 3.05) is 0 Å². The van der Waals surface area contributed by atoms with Gasteiger partial charge in [0.05, 0.1) is 0 Å². The minimum Gasteiger partial charge on any atom is -0.298 e. The fraction of sp³-hybridized carbons (Fsp3) is 0. The molecule has 0 aromatic heterocycles. The monoisotopic (exact) mass is 153 g/mol. The van der Waals surface area contributed by atoms with Crippen LogP contribution in [0.15, 0.2) is 23.4 Å². The van der Waals surface area contributed by atoms with Gasteiger partial charge >= 0.3 is 0 Å². The van der Waals surface area contributed by atoms with Crippen molar-refractivity contribution >= 4 is 12.0 Å². The molecule has 1 aromatic rings. The molecule has 0 atom stereocenters. The number of carbonyl (C=O) groups is 1. The van der Waals surface area contributed by atoms with Crippen molar-refractivity contribution in [1.29, 1.82) is 0 Å². The van der Waals surface area contributed by atoms with Crippen molar-refractivity contribution in [2.24, 2.45) is 5.18 Å². The van der Waals surface area contributed by atoms with Crippen LogP contribution in [0, 0.1) is 10.7 Å². The lowest BCUT2D eigenvalue weighted by Gasteiger charge is -1.92. The van der Waals surface area contributed by atoms with E-state index in [1.165, 1.54) is 6.07 Å². The molecule has 0 aliphatic heterocycles. The van der Waals surface area contributed by atoms with Gasteiger partial charge in [0.25, 0.3) is 0 Å². The van der Waals surface area contributed by atoms with Crippen molar-refractivity contribution in [3.05, 3.63) is 34.5 Å². The molecule has 4 heteroatoms. The highest BCUT2D eigenvalue weighted by atomic mass is 19.1. The summed E-state index contributed by atoms with van der Waals surface area (Å²) < 4.78 is 12.5. The molecule has 1 rings (SSSR count). The minimum atomic E-state index is -0.717. The maximum absolute atomic E-state index is 12.5. The number of hydrogen-bond donors (Lipinski definition) is 0. The van der Waals surface area contributed by atoms with Crippen LogP contribution in [0.5, 0.6) is 0 Å². The molecule has 56 valence electrons. The predicted molar refractivity (Wildman–Crippen MR) is 37.2 cm³/mol. The van der Waals surface area contributed by atoms with E-state index in [4.69, 9.17) is 0 Å². The average molecular weight is 153 g/mol. The number of hydrogen-bond acceptors (Lipinski definition) is 3. The van der Waals surface area contributed by atoms with Crippen molar-refractivity contribution < 1.29 is 9.18 Å². The summed E-state index contributed by atoms with van der Waals surface area (Å²) in [5.74, 6) is -0.717. The SMILES string of the molecule is O=Cc1ccc(F)c(N=O)c1. The van der Waals surface area contributed by atoms with E-state index < -0.39 is 5.82 Å². The van der Waals surface area contributed by atoms with Gasteiger partial charge in [0.2, 0.25) is 0 Å². The zero-order chi connectivity index (χ0) is 8.27. The van der Waals surface area contributed by atoms with Crippen molar-refractivity contribution in [1.82, 2.24) is 0 Å². The first-order valence-corrected chi connectivity index (χ1v) is 2.86. The van der Waals surface area contributed by atoms with Crippen LogP contribution in [-0.2, 0) is 0 Å². The highest BCUT2D eigenvalue weighted by Crippen LogP contribution is 2.17. The molecule has 0 radical (unpaired) electrons. The van der Waals surface area contributed by atoms with E-state index in [-0.39, 0.29) is 11.3 Å². The van der Waals surface area contributed by atoms with Gasteiger partial charge in [0.15, 0.2) is 5.82 Å². The zero-order valence-corrected chi connectivity index (χ0v) is 5.45. The Balaban J connectivity index is 3.22. The summed E-state index contributed by atoms with van der Waals surface area (Å²) in [6.45, 7) is 0. The number of nitroso groups, excluding NO2 is 1. The van der Waals surface area contributed by atoms with E-state index in [0.29, 0.717) is 6.29 Å². The Kier molecular flexibility index (Phi) is 2.06. The lowest BCUT2D eigenvalue weighted by Crippen LogP contribution is -1.80. The van der Waals surface area contributed by atoms with Gasteiger partial charge in [-0.05, 0) is 23.4 Å². The molecule has 0 saturated carbocycles. The molecule has 0 saturated heterocycles. The Labute approximate surface area is 61.8 Å². The van der Waals surface area contributed by atoms with Crippen LogP contribution in [0.4, 0.5) is 10.1 Å². The molecular weight excluding hydrogens is 149 g/mol.